The molecule has 49 heavy (non-hydrogen) atoms. The number of rotatable bonds is 17. The zero-order valence-electron chi connectivity index (χ0n) is 28.6. The maximum Gasteiger partial charge on any atom is 0.170 e. The number of fused-ring (bicyclic) bond motifs is 1. The summed E-state index contributed by atoms with van der Waals surface area (Å²) in [5.74, 6) is 0.380. The van der Waals surface area contributed by atoms with E-state index in [0.29, 0.717) is 48.2 Å². The quantitative estimate of drug-likeness (QED) is 0.119. The number of aromatic hydroxyl groups is 1. The molecule has 8 N–H and O–H groups in total. The molecule has 10 heteroatoms. The van der Waals surface area contributed by atoms with Crippen LogP contribution in [-0.4, -0.2) is 69.9 Å². The van der Waals surface area contributed by atoms with Crippen LogP contribution >= 0.6 is 0 Å². The van der Waals surface area contributed by atoms with E-state index >= 15 is 0 Å². The number of aromatic nitrogens is 1. The van der Waals surface area contributed by atoms with Crippen molar-refractivity contribution in [2.45, 2.75) is 89.1 Å². The summed E-state index contributed by atoms with van der Waals surface area (Å²) in [6.45, 7) is 0.502. The number of carbonyl (C=O) groups is 2. The van der Waals surface area contributed by atoms with Gasteiger partial charge in [-0.1, -0.05) is 50.0 Å². The number of carbonyl (C=O) groups excluding carboxylic acids is 2. The second kappa shape index (κ2) is 16.7. The smallest absolute Gasteiger partial charge is 0.170 e. The molecular weight excluding hydrogens is 622 g/mol. The second-order valence-corrected chi connectivity index (χ2v) is 14.1. The number of phenolic OH excluding ortho intramolecular Hbond substituents is 1. The molecule has 1 aliphatic heterocycles. The van der Waals surface area contributed by atoms with Gasteiger partial charge in [-0.3, -0.25) is 9.59 Å². The molecule has 1 aromatic carbocycles. The molecule has 1 fully saturated rings. The number of aliphatic hydroxyl groups is 3. The van der Waals surface area contributed by atoms with Crippen LogP contribution in [0, 0.1) is 17.3 Å². The maximum atomic E-state index is 13.1. The summed E-state index contributed by atoms with van der Waals surface area (Å²) in [7, 11) is 1.46. The van der Waals surface area contributed by atoms with Crippen molar-refractivity contribution < 1.29 is 34.8 Å². The lowest BCUT2D eigenvalue weighted by Gasteiger charge is -2.43. The largest absolute Gasteiger partial charge is 0.504 e. The molecule has 3 aliphatic rings. The first-order chi connectivity index (χ1) is 23.7. The summed E-state index contributed by atoms with van der Waals surface area (Å²) in [4.78, 5) is 29.1. The Morgan fingerprint density at radius 1 is 1.10 bits per heavy atom. The van der Waals surface area contributed by atoms with Crippen LogP contribution < -0.4 is 15.8 Å². The number of phenols is 1. The van der Waals surface area contributed by atoms with Crippen molar-refractivity contribution in [3.8, 4) is 11.5 Å². The molecule has 266 valence electrons. The number of benzene rings is 1. The van der Waals surface area contributed by atoms with E-state index in [9.17, 15) is 24.9 Å². The van der Waals surface area contributed by atoms with Crippen molar-refractivity contribution in [2.75, 3.05) is 26.9 Å². The van der Waals surface area contributed by atoms with Crippen LogP contribution in [0.15, 0.2) is 65.7 Å². The van der Waals surface area contributed by atoms with Gasteiger partial charge in [0.25, 0.3) is 0 Å². The molecule has 0 saturated heterocycles. The number of dihydropyridines is 1. The zero-order chi connectivity index (χ0) is 35.0. The van der Waals surface area contributed by atoms with Crippen molar-refractivity contribution in [3.63, 3.8) is 0 Å². The average molecular weight is 676 g/mol. The predicted molar refractivity (Wildman–Crippen MR) is 188 cm³/mol. The zero-order valence-corrected chi connectivity index (χ0v) is 28.6. The third-order valence-corrected chi connectivity index (χ3v) is 10.8. The minimum atomic E-state index is -1.66. The van der Waals surface area contributed by atoms with Gasteiger partial charge < -0.3 is 41.2 Å². The van der Waals surface area contributed by atoms with Crippen molar-refractivity contribution in [1.29, 1.82) is 0 Å². The number of nitrogens with two attached hydrogens (primary N) is 1. The topological polar surface area (TPSA) is 178 Å². The molecule has 0 radical (unpaired) electrons. The lowest BCUT2D eigenvalue weighted by atomic mass is 9.61. The Kier molecular flexibility index (Phi) is 12.4. The molecule has 5 atom stereocenters. The van der Waals surface area contributed by atoms with E-state index in [-0.39, 0.29) is 44.0 Å². The minimum absolute atomic E-state index is 0.0572. The first kappa shape index (κ1) is 36.4. The monoisotopic (exact) mass is 675 g/mol. The Morgan fingerprint density at radius 2 is 1.86 bits per heavy atom. The Bertz CT molecular complexity index is 1550. The van der Waals surface area contributed by atoms with Crippen LogP contribution in [0.5, 0.6) is 11.5 Å². The van der Waals surface area contributed by atoms with Gasteiger partial charge in [-0.2, -0.15) is 0 Å². The highest BCUT2D eigenvalue weighted by molar-refractivity contribution is 6.05. The van der Waals surface area contributed by atoms with E-state index in [1.165, 1.54) is 20.0 Å². The van der Waals surface area contributed by atoms with Crippen molar-refractivity contribution in [2.24, 2.45) is 23.0 Å². The Balaban J connectivity index is 1.29. The number of methoxy groups -OCH3 is 1. The predicted octanol–water partition coefficient (Wildman–Crippen LogP) is 4.48. The van der Waals surface area contributed by atoms with Gasteiger partial charge >= 0.3 is 0 Å². The first-order valence-electron chi connectivity index (χ1n) is 17.8. The molecule has 2 aliphatic carbocycles. The first-order valence-corrected chi connectivity index (χ1v) is 17.8. The third kappa shape index (κ3) is 8.48. The van der Waals surface area contributed by atoms with Gasteiger partial charge in [-0.15, -0.1) is 0 Å². The van der Waals surface area contributed by atoms with E-state index < -0.39 is 29.0 Å². The minimum Gasteiger partial charge on any atom is -0.504 e. The summed E-state index contributed by atoms with van der Waals surface area (Å²) in [6, 6.07) is 7.36. The highest BCUT2D eigenvalue weighted by Gasteiger charge is 2.45. The van der Waals surface area contributed by atoms with Crippen LogP contribution in [0.25, 0.3) is 0 Å². The fraction of sp³-hybridized carbons (Fsp3) is 0.538. The highest BCUT2D eigenvalue weighted by Crippen LogP contribution is 2.54. The van der Waals surface area contributed by atoms with Crippen LogP contribution in [0.3, 0.4) is 0 Å². The SMILES string of the molecule is COc1cc(CCC(=O)[C@H](O)C(=O)CCC[C@H]2CCC[C@H](CCCO)C2)cc([C@@H]2C3=CCNC(N)=C3C=C[C@@]2(CO)Cc2ccc[nH]2)c1O. The number of aromatic amines is 1. The molecule has 5 rings (SSSR count). The lowest BCUT2D eigenvalue weighted by Crippen LogP contribution is -2.40. The summed E-state index contributed by atoms with van der Waals surface area (Å²) in [6.07, 6.45) is 14.9. The van der Waals surface area contributed by atoms with Gasteiger partial charge in [0.1, 0.15) is 5.82 Å². The summed E-state index contributed by atoms with van der Waals surface area (Å²) in [5, 5.41) is 45.5. The van der Waals surface area contributed by atoms with Gasteiger partial charge in [-0.05, 0) is 79.7 Å². The number of Topliss-reactive ketones (excluding diaryl/α,β-unsaturated/α-hetero) is 2. The van der Waals surface area contributed by atoms with Crippen LogP contribution in [-0.2, 0) is 22.4 Å². The lowest BCUT2D eigenvalue weighted by molar-refractivity contribution is -0.138. The van der Waals surface area contributed by atoms with Gasteiger partial charge in [0.15, 0.2) is 29.2 Å². The van der Waals surface area contributed by atoms with E-state index in [1.807, 2.05) is 42.6 Å². The number of ether oxygens (including phenoxy) is 1. The van der Waals surface area contributed by atoms with Gasteiger partial charge in [0, 0.05) is 60.4 Å². The molecule has 2 heterocycles. The Labute approximate surface area is 289 Å². The third-order valence-electron chi connectivity index (χ3n) is 10.8. The standard InChI is InChI=1S/C39H53N3O7/c1-49-34-22-27(12-13-33(46)37(48)32(45)11-3-8-25-6-2-7-26(20-25)9-5-19-43)21-31(36(34)47)35-29-15-18-42-38(40)30(29)14-16-39(35,24-44)23-28-10-4-17-41-28/h4,10,14-17,21-22,25-26,35,37,41-44,47-48H,2-3,5-9,11-13,18-20,23-24,40H2,1H3/t25-,26-,35+,37-,39+/m1/s1. The maximum absolute atomic E-state index is 13.1. The summed E-state index contributed by atoms with van der Waals surface area (Å²) >= 11 is 0. The van der Waals surface area contributed by atoms with Gasteiger partial charge in [0.05, 0.1) is 13.7 Å². The van der Waals surface area contributed by atoms with Crippen LogP contribution in [0.4, 0.5) is 0 Å². The molecule has 0 bridgehead atoms. The number of nitrogens with one attached hydrogen (secondary N) is 2. The summed E-state index contributed by atoms with van der Waals surface area (Å²) < 4.78 is 5.59. The van der Waals surface area contributed by atoms with Crippen molar-refractivity contribution in [1.82, 2.24) is 10.3 Å². The summed E-state index contributed by atoms with van der Waals surface area (Å²) in [5.41, 5.74) is 9.34. The second-order valence-electron chi connectivity index (χ2n) is 14.1. The number of H-pyrrole nitrogens is 1. The van der Waals surface area contributed by atoms with E-state index in [2.05, 4.69) is 10.3 Å². The molecule has 0 amide bonds. The molecule has 0 spiro atoms. The highest BCUT2D eigenvalue weighted by atomic mass is 16.5. The van der Waals surface area contributed by atoms with E-state index in [4.69, 9.17) is 15.6 Å². The van der Waals surface area contributed by atoms with Crippen molar-refractivity contribution in [3.05, 3.63) is 82.5 Å². The average Bonchev–Trinajstić information content (AvgIpc) is 3.63. The number of aliphatic hydroxyl groups excluding tert-OH is 3. The molecule has 0 unspecified atom stereocenters. The number of hydrogen-bond acceptors (Lipinski definition) is 9. The Morgan fingerprint density at radius 3 is 2.55 bits per heavy atom. The number of ketones is 2. The van der Waals surface area contributed by atoms with Crippen LogP contribution in [0.2, 0.25) is 0 Å². The van der Waals surface area contributed by atoms with E-state index in [0.717, 1.165) is 48.9 Å². The fourth-order valence-electron chi connectivity index (χ4n) is 8.22. The number of allylic oxidation sites excluding steroid dienone is 3. The fourth-order valence-corrected chi connectivity index (χ4v) is 8.22. The number of aryl methyl sites for hydroxylation is 1. The molecule has 1 saturated carbocycles. The molecule has 10 nitrogen and oxygen atoms in total. The molecule has 1 aromatic heterocycles. The normalized spacial score (nSPS) is 24.2. The molecule has 2 aromatic rings. The van der Waals surface area contributed by atoms with Crippen LogP contribution in [0.1, 0.15) is 86.9 Å². The van der Waals surface area contributed by atoms with E-state index in [1.54, 1.807) is 6.07 Å². The number of hydrogen-bond donors (Lipinski definition) is 7. The Hall–Kier alpha value is -3.86. The van der Waals surface area contributed by atoms with Crippen molar-refractivity contribution >= 4 is 11.6 Å². The molecular formula is C39H53N3O7. The van der Waals surface area contributed by atoms with Gasteiger partial charge in [-0.25, -0.2) is 0 Å². The van der Waals surface area contributed by atoms with Gasteiger partial charge in [0.2, 0.25) is 0 Å².